The second-order valence-electron chi connectivity index (χ2n) is 7.31. The Morgan fingerprint density at radius 2 is 1.87 bits per heavy atom. The van der Waals surface area contributed by atoms with Gasteiger partial charge in [-0.05, 0) is 31.2 Å². The van der Waals surface area contributed by atoms with Gasteiger partial charge in [0, 0.05) is 31.7 Å². The highest BCUT2D eigenvalue weighted by Gasteiger charge is 2.26. The molecular weight excluding hydrogens is 406 g/mol. The standard InChI is InChI=1S/C22H22F2N4O3/c1-15-5-4-6-16(13-15)20-26-25-19(31-20)14-27-9-11-28(12-10-27)21(29)17-7-2-3-8-18(17)30-22(23)24/h2-8,13,22H,9-12,14H2,1H3. The number of alkyl halides is 2. The smallest absolute Gasteiger partial charge is 0.387 e. The van der Waals surface area contributed by atoms with Crippen LogP contribution in [0.25, 0.3) is 11.5 Å². The molecule has 0 unspecified atom stereocenters. The third-order valence-electron chi connectivity index (χ3n) is 5.08. The summed E-state index contributed by atoms with van der Waals surface area (Å²) in [6.45, 7) is 1.62. The zero-order valence-electron chi connectivity index (χ0n) is 17.0. The Kier molecular flexibility index (Phi) is 6.22. The predicted molar refractivity (Wildman–Crippen MR) is 109 cm³/mol. The van der Waals surface area contributed by atoms with Crippen LogP contribution in [0.1, 0.15) is 21.8 Å². The number of hydrogen-bond donors (Lipinski definition) is 0. The zero-order valence-corrected chi connectivity index (χ0v) is 17.0. The van der Waals surface area contributed by atoms with Crippen LogP contribution in [0.3, 0.4) is 0 Å². The van der Waals surface area contributed by atoms with Crippen molar-refractivity contribution in [1.29, 1.82) is 0 Å². The molecule has 0 aliphatic carbocycles. The number of benzene rings is 2. The summed E-state index contributed by atoms with van der Waals surface area (Å²) in [4.78, 5) is 16.5. The lowest BCUT2D eigenvalue weighted by atomic mass is 10.1. The predicted octanol–water partition coefficient (Wildman–Crippen LogP) is 3.60. The summed E-state index contributed by atoms with van der Waals surface area (Å²) < 4.78 is 35.5. The molecule has 0 spiro atoms. The Morgan fingerprint density at radius 3 is 2.61 bits per heavy atom. The van der Waals surface area contributed by atoms with Crippen LogP contribution in [0.5, 0.6) is 5.75 Å². The van der Waals surface area contributed by atoms with Gasteiger partial charge in [-0.15, -0.1) is 10.2 Å². The van der Waals surface area contributed by atoms with Crippen molar-refractivity contribution in [2.75, 3.05) is 26.2 Å². The van der Waals surface area contributed by atoms with Crippen LogP contribution < -0.4 is 4.74 Å². The van der Waals surface area contributed by atoms with Crippen molar-refractivity contribution in [3.63, 3.8) is 0 Å². The maximum Gasteiger partial charge on any atom is 0.387 e. The van der Waals surface area contributed by atoms with E-state index < -0.39 is 6.61 Å². The fourth-order valence-electron chi connectivity index (χ4n) is 3.53. The number of rotatable bonds is 6. The van der Waals surface area contributed by atoms with Gasteiger partial charge in [0.2, 0.25) is 11.8 Å². The van der Waals surface area contributed by atoms with Gasteiger partial charge in [0.1, 0.15) is 5.75 Å². The molecule has 31 heavy (non-hydrogen) atoms. The van der Waals surface area contributed by atoms with Gasteiger partial charge in [0.05, 0.1) is 12.1 Å². The van der Waals surface area contributed by atoms with E-state index in [2.05, 4.69) is 19.8 Å². The number of amides is 1. The SMILES string of the molecule is Cc1cccc(-c2nnc(CN3CCN(C(=O)c4ccccc4OC(F)F)CC3)o2)c1. The molecule has 1 amide bonds. The van der Waals surface area contributed by atoms with Crippen molar-refractivity contribution in [3.05, 3.63) is 65.5 Å². The number of carbonyl (C=O) groups excluding carboxylic acids is 1. The van der Waals surface area contributed by atoms with Crippen LogP contribution in [0, 0.1) is 6.92 Å². The summed E-state index contributed by atoms with van der Waals surface area (Å²) in [6.07, 6.45) is 0. The van der Waals surface area contributed by atoms with Gasteiger partial charge in [-0.3, -0.25) is 9.69 Å². The number of hydrogen-bond acceptors (Lipinski definition) is 6. The van der Waals surface area contributed by atoms with Crippen LogP contribution >= 0.6 is 0 Å². The number of halogens is 2. The Bertz CT molecular complexity index is 1050. The lowest BCUT2D eigenvalue weighted by Crippen LogP contribution is -2.48. The summed E-state index contributed by atoms with van der Waals surface area (Å²) in [6, 6.07) is 13.9. The normalized spacial score (nSPS) is 14.8. The Balaban J connectivity index is 1.35. The molecule has 0 bridgehead atoms. The Morgan fingerprint density at radius 1 is 1.10 bits per heavy atom. The second kappa shape index (κ2) is 9.22. The van der Waals surface area contributed by atoms with E-state index in [0.717, 1.165) is 11.1 Å². The molecule has 2 aromatic carbocycles. The highest BCUT2D eigenvalue weighted by Crippen LogP contribution is 2.23. The summed E-state index contributed by atoms with van der Waals surface area (Å²) in [7, 11) is 0. The molecule has 0 N–H and O–H groups in total. The van der Waals surface area contributed by atoms with Crippen molar-refractivity contribution in [3.8, 4) is 17.2 Å². The van der Waals surface area contributed by atoms with E-state index in [4.69, 9.17) is 4.42 Å². The summed E-state index contributed by atoms with van der Waals surface area (Å²) >= 11 is 0. The van der Waals surface area contributed by atoms with E-state index >= 15 is 0 Å². The fourth-order valence-corrected chi connectivity index (χ4v) is 3.53. The first-order valence-corrected chi connectivity index (χ1v) is 9.94. The minimum absolute atomic E-state index is 0.112. The maximum atomic E-state index is 12.8. The highest BCUT2D eigenvalue weighted by atomic mass is 19.3. The third kappa shape index (κ3) is 5.05. The van der Waals surface area contributed by atoms with E-state index in [1.165, 1.54) is 12.1 Å². The third-order valence-corrected chi connectivity index (χ3v) is 5.08. The molecule has 1 saturated heterocycles. The van der Waals surface area contributed by atoms with Gasteiger partial charge < -0.3 is 14.1 Å². The molecule has 1 aliphatic rings. The van der Waals surface area contributed by atoms with Crippen molar-refractivity contribution >= 4 is 5.91 Å². The lowest BCUT2D eigenvalue weighted by molar-refractivity contribution is -0.0503. The summed E-state index contributed by atoms with van der Waals surface area (Å²) in [5, 5.41) is 8.26. The number of nitrogens with zero attached hydrogens (tertiary/aromatic N) is 4. The maximum absolute atomic E-state index is 12.8. The van der Waals surface area contributed by atoms with Crippen molar-refractivity contribution in [2.24, 2.45) is 0 Å². The number of ether oxygens (including phenoxy) is 1. The van der Waals surface area contributed by atoms with Crippen LogP contribution in [-0.4, -0.2) is 58.7 Å². The number of aromatic nitrogens is 2. The monoisotopic (exact) mass is 428 g/mol. The van der Waals surface area contributed by atoms with Crippen molar-refractivity contribution < 1.29 is 22.7 Å². The molecule has 1 fully saturated rings. The average Bonchev–Trinajstić information content (AvgIpc) is 3.22. The van der Waals surface area contributed by atoms with Gasteiger partial charge in [0.15, 0.2) is 0 Å². The summed E-state index contributed by atoms with van der Waals surface area (Å²) in [5.41, 5.74) is 2.12. The van der Waals surface area contributed by atoms with Gasteiger partial charge in [-0.2, -0.15) is 8.78 Å². The first-order valence-electron chi connectivity index (χ1n) is 9.94. The largest absolute Gasteiger partial charge is 0.434 e. The van der Waals surface area contributed by atoms with Crippen LogP contribution in [0.2, 0.25) is 0 Å². The molecule has 0 atom stereocenters. The first kappa shape index (κ1) is 20.9. The second-order valence-corrected chi connectivity index (χ2v) is 7.31. The van der Waals surface area contributed by atoms with E-state index in [0.29, 0.717) is 44.5 Å². The fraction of sp³-hybridized carbons (Fsp3) is 0.318. The molecule has 0 radical (unpaired) electrons. The van der Waals surface area contributed by atoms with Crippen molar-refractivity contribution in [2.45, 2.75) is 20.1 Å². The molecule has 162 valence electrons. The number of carbonyl (C=O) groups is 1. The number of para-hydroxylation sites is 1. The van der Waals surface area contributed by atoms with Crippen LogP contribution in [-0.2, 0) is 6.54 Å². The van der Waals surface area contributed by atoms with E-state index in [1.807, 2.05) is 31.2 Å². The van der Waals surface area contributed by atoms with Gasteiger partial charge >= 0.3 is 6.61 Å². The zero-order chi connectivity index (χ0) is 21.8. The average molecular weight is 428 g/mol. The minimum atomic E-state index is -2.98. The van der Waals surface area contributed by atoms with Crippen LogP contribution in [0.4, 0.5) is 8.78 Å². The van der Waals surface area contributed by atoms with Gasteiger partial charge in [0.25, 0.3) is 5.91 Å². The molecule has 7 nitrogen and oxygen atoms in total. The quantitative estimate of drug-likeness (QED) is 0.597. The molecule has 3 aromatic rings. The molecule has 4 rings (SSSR count). The molecule has 2 heterocycles. The van der Waals surface area contributed by atoms with Crippen LogP contribution in [0.15, 0.2) is 52.9 Å². The molecule has 1 aliphatic heterocycles. The minimum Gasteiger partial charge on any atom is -0.434 e. The van der Waals surface area contributed by atoms with E-state index in [9.17, 15) is 13.6 Å². The molecular formula is C22H22F2N4O3. The topological polar surface area (TPSA) is 71.7 Å². The summed E-state index contributed by atoms with van der Waals surface area (Å²) in [5.74, 6) is 0.546. The first-order chi connectivity index (χ1) is 15.0. The van der Waals surface area contributed by atoms with Gasteiger partial charge in [-0.25, -0.2) is 0 Å². The Labute approximate surface area is 178 Å². The molecule has 0 saturated carbocycles. The molecule has 9 heteroatoms. The Hall–Kier alpha value is -3.33. The highest BCUT2D eigenvalue weighted by molar-refractivity contribution is 5.97. The van der Waals surface area contributed by atoms with Gasteiger partial charge in [-0.1, -0.05) is 29.8 Å². The molecule has 1 aromatic heterocycles. The van der Waals surface area contributed by atoms with E-state index in [1.54, 1.807) is 17.0 Å². The van der Waals surface area contributed by atoms with E-state index in [-0.39, 0.29) is 17.2 Å². The van der Waals surface area contributed by atoms with Crippen molar-refractivity contribution in [1.82, 2.24) is 20.0 Å². The number of aryl methyl sites for hydroxylation is 1. The lowest BCUT2D eigenvalue weighted by Gasteiger charge is -2.34. The number of piperazine rings is 1.